The maximum absolute atomic E-state index is 2.46. The first kappa shape index (κ1) is 14.1. The summed E-state index contributed by atoms with van der Waals surface area (Å²) in [6.07, 6.45) is 8.54. The summed E-state index contributed by atoms with van der Waals surface area (Å²) in [7, 11) is 0. The maximum Gasteiger partial charge on any atom is -0.00576 e. The Bertz CT molecular complexity index is 647. The maximum atomic E-state index is 2.46. The normalized spacial score (nSPS) is 13.1. The smallest absolute Gasteiger partial charge is 0.00576 e. The van der Waals surface area contributed by atoms with Gasteiger partial charge < -0.3 is 0 Å². The molecule has 0 nitrogen and oxygen atoms in total. The van der Waals surface area contributed by atoms with E-state index >= 15 is 0 Å². The Hall–Kier alpha value is -1.82. The minimum absolute atomic E-state index is 1.09. The molecule has 0 spiro atoms. The Kier molecular flexibility index (Phi) is 4.24. The van der Waals surface area contributed by atoms with Gasteiger partial charge in [-0.05, 0) is 53.5 Å². The number of hydrogen-bond donors (Lipinski definition) is 0. The number of unbranched alkanes of at least 4 members (excludes halogenated alkanes) is 1. The van der Waals surface area contributed by atoms with E-state index in [0.29, 0.717) is 0 Å². The van der Waals surface area contributed by atoms with Gasteiger partial charge in [0.1, 0.15) is 0 Å². The van der Waals surface area contributed by atoms with Crippen LogP contribution in [0.2, 0.25) is 0 Å². The molecule has 0 saturated carbocycles. The van der Waals surface area contributed by atoms with Crippen molar-refractivity contribution < 1.29 is 0 Å². The van der Waals surface area contributed by atoms with Gasteiger partial charge in [-0.2, -0.15) is 0 Å². The van der Waals surface area contributed by atoms with Crippen molar-refractivity contribution in [2.45, 2.75) is 46.0 Å². The van der Waals surface area contributed by atoms with Crippen molar-refractivity contribution in [3.05, 3.63) is 64.7 Å². The molecule has 1 aliphatic rings. The topological polar surface area (TPSA) is 0 Å². The fourth-order valence-corrected chi connectivity index (χ4v) is 3.33. The van der Waals surface area contributed by atoms with Crippen LogP contribution in [0.15, 0.2) is 48.0 Å². The highest BCUT2D eigenvalue weighted by molar-refractivity contribution is 5.83. The van der Waals surface area contributed by atoms with Crippen molar-refractivity contribution in [1.82, 2.24) is 0 Å². The van der Waals surface area contributed by atoms with Crippen LogP contribution in [0.25, 0.3) is 17.2 Å². The molecular formula is C21H24. The molecule has 0 amide bonds. The lowest BCUT2D eigenvalue weighted by Crippen LogP contribution is -1.94. The van der Waals surface area contributed by atoms with Gasteiger partial charge in [0.15, 0.2) is 0 Å². The number of rotatable bonds is 5. The average Bonchev–Trinajstić information content (AvgIpc) is 2.95. The zero-order chi connectivity index (χ0) is 14.7. The summed E-state index contributed by atoms with van der Waals surface area (Å²) >= 11 is 0. The predicted molar refractivity (Wildman–Crippen MR) is 92.5 cm³/mol. The van der Waals surface area contributed by atoms with Crippen molar-refractivity contribution in [1.29, 1.82) is 0 Å². The van der Waals surface area contributed by atoms with Crippen LogP contribution in [0, 0.1) is 0 Å². The van der Waals surface area contributed by atoms with Gasteiger partial charge in [0.2, 0.25) is 0 Å². The standard InChI is InChI=1S/C21H24/c1-3-5-9-16-14-19-13-12-17(4-2)21(20(19)15-16)18-10-7-6-8-11-18/h6-8,10-13,15H,3-5,9,14H2,1-2H3. The van der Waals surface area contributed by atoms with Gasteiger partial charge in [-0.25, -0.2) is 0 Å². The second kappa shape index (κ2) is 6.30. The van der Waals surface area contributed by atoms with Gasteiger partial charge >= 0.3 is 0 Å². The zero-order valence-corrected chi connectivity index (χ0v) is 13.2. The second-order valence-corrected chi connectivity index (χ2v) is 5.97. The number of aryl methyl sites for hydroxylation is 1. The first-order chi connectivity index (χ1) is 10.3. The van der Waals surface area contributed by atoms with Crippen molar-refractivity contribution in [2.24, 2.45) is 0 Å². The third kappa shape index (κ3) is 2.81. The van der Waals surface area contributed by atoms with Crippen LogP contribution in [0.1, 0.15) is 49.8 Å². The van der Waals surface area contributed by atoms with Gasteiger partial charge in [0.25, 0.3) is 0 Å². The number of fused-ring (bicyclic) bond motifs is 1. The summed E-state index contributed by atoms with van der Waals surface area (Å²) in [5.74, 6) is 0. The average molecular weight is 276 g/mol. The highest BCUT2D eigenvalue weighted by atomic mass is 14.2. The molecule has 0 heteroatoms. The minimum atomic E-state index is 1.09. The van der Waals surface area contributed by atoms with E-state index in [-0.39, 0.29) is 0 Å². The number of allylic oxidation sites excluding steroid dienone is 1. The Morgan fingerprint density at radius 3 is 2.48 bits per heavy atom. The molecule has 0 radical (unpaired) electrons. The zero-order valence-electron chi connectivity index (χ0n) is 13.2. The highest BCUT2D eigenvalue weighted by Crippen LogP contribution is 2.38. The summed E-state index contributed by atoms with van der Waals surface area (Å²) in [5.41, 5.74) is 8.88. The van der Waals surface area contributed by atoms with Crippen LogP contribution < -0.4 is 0 Å². The molecule has 0 saturated heterocycles. The van der Waals surface area contributed by atoms with Crippen LogP contribution in [0.4, 0.5) is 0 Å². The first-order valence-corrected chi connectivity index (χ1v) is 8.23. The monoisotopic (exact) mass is 276 g/mol. The van der Waals surface area contributed by atoms with Crippen LogP contribution in [0.3, 0.4) is 0 Å². The molecule has 0 heterocycles. The van der Waals surface area contributed by atoms with Crippen molar-refractivity contribution in [3.63, 3.8) is 0 Å². The third-order valence-corrected chi connectivity index (χ3v) is 4.48. The first-order valence-electron chi connectivity index (χ1n) is 8.23. The van der Waals surface area contributed by atoms with Gasteiger partial charge in [0, 0.05) is 0 Å². The molecule has 0 unspecified atom stereocenters. The van der Waals surface area contributed by atoms with E-state index in [4.69, 9.17) is 0 Å². The lowest BCUT2D eigenvalue weighted by atomic mass is 9.91. The molecule has 108 valence electrons. The van der Waals surface area contributed by atoms with Crippen molar-refractivity contribution in [3.8, 4) is 11.1 Å². The van der Waals surface area contributed by atoms with Crippen molar-refractivity contribution in [2.75, 3.05) is 0 Å². The molecular weight excluding hydrogens is 252 g/mol. The molecule has 2 aromatic rings. The largest absolute Gasteiger partial charge is 0.0654 e. The Morgan fingerprint density at radius 2 is 1.76 bits per heavy atom. The van der Waals surface area contributed by atoms with E-state index in [0.717, 1.165) is 12.8 Å². The van der Waals surface area contributed by atoms with E-state index in [1.807, 2.05) is 0 Å². The van der Waals surface area contributed by atoms with Gasteiger partial charge in [-0.15, -0.1) is 0 Å². The molecule has 2 aromatic carbocycles. The fraction of sp³-hybridized carbons (Fsp3) is 0.333. The summed E-state index contributed by atoms with van der Waals surface area (Å²) in [4.78, 5) is 0. The Labute approximate surface area is 128 Å². The Balaban J connectivity index is 2.07. The predicted octanol–water partition coefficient (Wildman–Crippen LogP) is 6.05. The quantitative estimate of drug-likeness (QED) is 0.624. The van der Waals surface area contributed by atoms with E-state index in [2.05, 4.69) is 62.4 Å². The minimum Gasteiger partial charge on any atom is -0.0654 e. The van der Waals surface area contributed by atoms with E-state index in [1.54, 1.807) is 5.57 Å². The van der Waals surface area contributed by atoms with Gasteiger partial charge in [-0.1, -0.05) is 74.4 Å². The van der Waals surface area contributed by atoms with Crippen LogP contribution in [0.5, 0.6) is 0 Å². The summed E-state index contributed by atoms with van der Waals surface area (Å²) in [5, 5.41) is 0. The van der Waals surface area contributed by atoms with E-state index < -0.39 is 0 Å². The molecule has 0 aromatic heterocycles. The number of hydrogen-bond acceptors (Lipinski definition) is 0. The summed E-state index contributed by atoms with van der Waals surface area (Å²) in [6, 6.07) is 15.5. The molecule has 3 rings (SSSR count). The lowest BCUT2D eigenvalue weighted by molar-refractivity contribution is 0.779. The van der Waals surface area contributed by atoms with Crippen LogP contribution in [-0.2, 0) is 12.8 Å². The molecule has 0 fully saturated rings. The Morgan fingerprint density at radius 1 is 0.952 bits per heavy atom. The van der Waals surface area contributed by atoms with Crippen LogP contribution in [-0.4, -0.2) is 0 Å². The fourth-order valence-electron chi connectivity index (χ4n) is 3.33. The van der Waals surface area contributed by atoms with Crippen molar-refractivity contribution >= 4 is 6.08 Å². The molecule has 0 N–H and O–H groups in total. The summed E-state index contributed by atoms with van der Waals surface area (Å²) in [6.45, 7) is 4.53. The molecule has 21 heavy (non-hydrogen) atoms. The van der Waals surface area contributed by atoms with Gasteiger partial charge in [0.05, 0.1) is 0 Å². The number of benzene rings is 2. The van der Waals surface area contributed by atoms with Crippen LogP contribution >= 0.6 is 0 Å². The van der Waals surface area contributed by atoms with Gasteiger partial charge in [-0.3, -0.25) is 0 Å². The molecule has 0 aliphatic heterocycles. The van der Waals surface area contributed by atoms with E-state index in [9.17, 15) is 0 Å². The third-order valence-electron chi connectivity index (χ3n) is 4.48. The molecule has 0 atom stereocenters. The second-order valence-electron chi connectivity index (χ2n) is 5.97. The molecule has 1 aliphatic carbocycles. The van der Waals surface area contributed by atoms with E-state index in [1.165, 1.54) is 47.1 Å². The summed E-state index contributed by atoms with van der Waals surface area (Å²) < 4.78 is 0. The SMILES string of the molecule is CCCCC1=Cc2c(ccc(CC)c2-c2ccccc2)C1. The lowest BCUT2D eigenvalue weighted by Gasteiger charge is -2.13. The highest BCUT2D eigenvalue weighted by Gasteiger charge is 2.18. The molecule has 0 bridgehead atoms.